The van der Waals surface area contributed by atoms with E-state index in [4.69, 9.17) is 14.2 Å². The van der Waals surface area contributed by atoms with Crippen molar-refractivity contribution in [2.75, 3.05) is 13.2 Å². The molecule has 190 valence electrons. The Balaban J connectivity index is 1.64. The average molecular weight is 492 g/mol. The molecule has 7 heteroatoms. The van der Waals surface area contributed by atoms with Crippen molar-refractivity contribution in [1.82, 2.24) is 5.32 Å². The third kappa shape index (κ3) is 5.15. The monoisotopic (exact) mass is 491 g/mol. The van der Waals surface area contributed by atoms with E-state index in [9.17, 15) is 14.4 Å². The Bertz CT molecular complexity index is 1090. The maximum Gasteiger partial charge on any atom is 0.408 e. The van der Waals surface area contributed by atoms with Crippen LogP contribution in [-0.2, 0) is 30.4 Å². The van der Waals surface area contributed by atoms with E-state index in [1.54, 1.807) is 13.8 Å². The molecule has 1 N–H and O–H groups in total. The van der Waals surface area contributed by atoms with Crippen molar-refractivity contribution < 1.29 is 28.6 Å². The van der Waals surface area contributed by atoms with Crippen molar-refractivity contribution in [3.63, 3.8) is 0 Å². The lowest BCUT2D eigenvalue weighted by molar-refractivity contribution is -0.168. The molecule has 2 aliphatic rings. The number of carbonyl (C=O) groups is 3. The number of amides is 1. The van der Waals surface area contributed by atoms with Crippen molar-refractivity contribution in [3.8, 4) is 0 Å². The normalized spacial score (nSPS) is 26.5. The second-order valence-corrected chi connectivity index (χ2v) is 9.28. The lowest BCUT2D eigenvalue weighted by Gasteiger charge is -2.43. The number of carbonyl (C=O) groups excluding carboxylic acids is 3. The maximum absolute atomic E-state index is 13.6. The first-order valence-corrected chi connectivity index (χ1v) is 12.6. The van der Waals surface area contributed by atoms with Gasteiger partial charge in [-0.25, -0.2) is 9.59 Å². The molecule has 2 aromatic carbocycles. The number of fused-ring (bicyclic) bond motifs is 2. The van der Waals surface area contributed by atoms with Crippen LogP contribution in [0.25, 0.3) is 6.08 Å². The highest BCUT2D eigenvalue weighted by Gasteiger charge is 2.69. The molecule has 2 saturated carbocycles. The summed E-state index contributed by atoms with van der Waals surface area (Å²) in [6.07, 6.45) is 4.66. The number of ether oxygens (including phenoxy) is 3. The number of alkyl carbamates (subject to hydrolysis) is 1. The number of esters is 2. The van der Waals surface area contributed by atoms with Crippen LogP contribution in [0.5, 0.6) is 0 Å². The highest BCUT2D eigenvalue weighted by atomic mass is 16.6. The molecule has 5 atom stereocenters. The van der Waals surface area contributed by atoms with Crippen molar-refractivity contribution in [1.29, 1.82) is 0 Å². The summed E-state index contributed by atoms with van der Waals surface area (Å²) in [4.78, 5) is 39.8. The standard InChI is InChI=1S/C29H33NO6/c1-3-34-26(31)25-23-17-22(16-15-20-11-7-5-8-12-20)24(18-23)29(25,27(32)35-4-2)30-28(33)36-19-21-13-9-6-10-14-21/h5-16,22-25H,3-4,17-19H2,1-2H3,(H,30,33)/b16-15+/t22-,23-,24-,25+,29+/m1/s1. The summed E-state index contributed by atoms with van der Waals surface area (Å²) < 4.78 is 16.3. The molecule has 4 rings (SSSR count). The zero-order valence-corrected chi connectivity index (χ0v) is 20.7. The summed E-state index contributed by atoms with van der Waals surface area (Å²) in [6.45, 7) is 3.78. The van der Waals surface area contributed by atoms with Gasteiger partial charge in [0.1, 0.15) is 6.61 Å². The van der Waals surface area contributed by atoms with Gasteiger partial charge in [-0.2, -0.15) is 0 Å². The summed E-state index contributed by atoms with van der Waals surface area (Å²) in [7, 11) is 0. The fourth-order valence-electron chi connectivity index (χ4n) is 5.81. The minimum absolute atomic E-state index is 0.0280. The number of allylic oxidation sites excluding steroid dienone is 1. The van der Waals surface area contributed by atoms with Crippen LogP contribution in [0, 0.1) is 23.7 Å². The third-order valence-corrected chi connectivity index (χ3v) is 7.21. The van der Waals surface area contributed by atoms with E-state index in [-0.39, 0.29) is 37.6 Å². The Morgan fingerprint density at radius 3 is 2.25 bits per heavy atom. The maximum atomic E-state index is 13.6. The molecule has 2 aliphatic carbocycles. The van der Waals surface area contributed by atoms with Crippen LogP contribution in [0.1, 0.15) is 37.8 Å². The highest BCUT2D eigenvalue weighted by Crippen LogP contribution is 2.58. The van der Waals surface area contributed by atoms with Gasteiger partial charge in [-0.3, -0.25) is 4.79 Å². The smallest absolute Gasteiger partial charge is 0.408 e. The Morgan fingerprint density at radius 1 is 0.917 bits per heavy atom. The fourth-order valence-corrected chi connectivity index (χ4v) is 5.81. The van der Waals surface area contributed by atoms with E-state index >= 15 is 0 Å². The predicted octanol–water partition coefficient (Wildman–Crippen LogP) is 4.76. The predicted molar refractivity (Wildman–Crippen MR) is 134 cm³/mol. The molecule has 7 nitrogen and oxygen atoms in total. The van der Waals surface area contributed by atoms with Gasteiger partial charge in [-0.15, -0.1) is 0 Å². The summed E-state index contributed by atoms with van der Waals surface area (Å²) in [5.41, 5.74) is 0.292. The Morgan fingerprint density at radius 2 is 1.58 bits per heavy atom. The quantitative estimate of drug-likeness (QED) is 0.402. The molecule has 0 saturated heterocycles. The van der Waals surface area contributed by atoms with E-state index < -0.39 is 29.5 Å². The molecular formula is C29H33NO6. The van der Waals surface area contributed by atoms with Crippen LogP contribution in [0.2, 0.25) is 0 Å². The van der Waals surface area contributed by atoms with Crippen LogP contribution in [-0.4, -0.2) is 36.8 Å². The van der Waals surface area contributed by atoms with Gasteiger partial charge in [0.05, 0.1) is 19.1 Å². The van der Waals surface area contributed by atoms with Crippen molar-refractivity contribution in [2.24, 2.45) is 23.7 Å². The second-order valence-electron chi connectivity index (χ2n) is 9.28. The van der Waals surface area contributed by atoms with Gasteiger partial charge < -0.3 is 19.5 Å². The zero-order valence-electron chi connectivity index (χ0n) is 20.7. The molecule has 2 fully saturated rings. The highest BCUT2D eigenvalue weighted by molar-refractivity contribution is 5.94. The third-order valence-electron chi connectivity index (χ3n) is 7.21. The van der Waals surface area contributed by atoms with Crippen LogP contribution in [0.15, 0.2) is 66.7 Å². The molecule has 0 radical (unpaired) electrons. The summed E-state index contributed by atoms with van der Waals surface area (Å²) in [6, 6.07) is 19.2. The van der Waals surface area contributed by atoms with Crippen molar-refractivity contribution in [2.45, 2.75) is 38.8 Å². The van der Waals surface area contributed by atoms with Gasteiger partial charge >= 0.3 is 18.0 Å². The van der Waals surface area contributed by atoms with Crippen molar-refractivity contribution >= 4 is 24.1 Å². The Labute approximate surface area is 211 Å². The van der Waals surface area contributed by atoms with Crippen LogP contribution >= 0.6 is 0 Å². The molecule has 1 amide bonds. The first-order valence-electron chi connectivity index (χ1n) is 12.6. The SMILES string of the molecule is CCOC(=O)[C@@H]1[C@@H]2C[C@@H](/C=C/c3ccccc3)[C@@H](C2)[C@@]1(NC(=O)OCc1ccccc1)C(=O)OCC. The van der Waals surface area contributed by atoms with Gasteiger partial charge in [0.15, 0.2) is 5.54 Å². The number of nitrogens with one attached hydrogen (secondary N) is 1. The largest absolute Gasteiger partial charge is 0.466 e. The minimum atomic E-state index is -1.56. The van der Waals surface area contributed by atoms with E-state index in [1.807, 2.05) is 66.7 Å². The second kappa shape index (κ2) is 11.4. The van der Waals surface area contributed by atoms with Crippen LogP contribution in [0.4, 0.5) is 4.79 Å². The van der Waals surface area contributed by atoms with Gasteiger partial charge in [-0.05, 0) is 49.7 Å². The lowest BCUT2D eigenvalue weighted by atomic mass is 9.67. The molecule has 2 aromatic rings. The van der Waals surface area contributed by atoms with Crippen LogP contribution < -0.4 is 5.32 Å². The van der Waals surface area contributed by atoms with Gasteiger partial charge in [0.2, 0.25) is 0 Å². The van der Waals surface area contributed by atoms with Gasteiger partial charge in [-0.1, -0.05) is 72.8 Å². The molecule has 0 spiro atoms. The fraction of sp³-hybridized carbons (Fsp3) is 0.414. The van der Waals surface area contributed by atoms with Gasteiger partial charge in [0.25, 0.3) is 0 Å². The number of hydrogen-bond donors (Lipinski definition) is 1. The molecule has 0 heterocycles. The van der Waals surface area contributed by atoms with Gasteiger partial charge in [0, 0.05) is 5.92 Å². The number of benzene rings is 2. The zero-order chi connectivity index (χ0) is 25.5. The molecular weight excluding hydrogens is 458 g/mol. The topological polar surface area (TPSA) is 90.9 Å². The molecule has 36 heavy (non-hydrogen) atoms. The van der Waals surface area contributed by atoms with E-state index in [0.29, 0.717) is 6.42 Å². The van der Waals surface area contributed by atoms with E-state index in [2.05, 4.69) is 11.4 Å². The Kier molecular flexibility index (Phi) is 8.08. The summed E-state index contributed by atoms with van der Waals surface area (Å²) in [5, 5.41) is 2.83. The number of hydrogen-bond acceptors (Lipinski definition) is 6. The lowest BCUT2D eigenvalue weighted by Crippen LogP contribution is -2.66. The average Bonchev–Trinajstić information content (AvgIpc) is 3.45. The van der Waals surface area contributed by atoms with Crippen LogP contribution in [0.3, 0.4) is 0 Å². The Hall–Kier alpha value is -3.61. The molecule has 0 aliphatic heterocycles. The molecule has 0 unspecified atom stereocenters. The summed E-state index contributed by atoms with van der Waals surface area (Å²) in [5.74, 6) is -2.44. The minimum Gasteiger partial charge on any atom is -0.466 e. The summed E-state index contributed by atoms with van der Waals surface area (Å²) >= 11 is 0. The van der Waals surface area contributed by atoms with E-state index in [0.717, 1.165) is 17.5 Å². The molecule has 0 aromatic heterocycles. The van der Waals surface area contributed by atoms with Crippen molar-refractivity contribution in [3.05, 3.63) is 77.9 Å². The first-order chi connectivity index (χ1) is 17.5. The molecule has 2 bridgehead atoms. The van der Waals surface area contributed by atoms with E-state index in [1.165, 1.54) is 0 Å². The first kappa shape index (κ1) is 25.5. The number of rotatable bonds is 9.